The molecule has 0 saturated carbocycles. The number of aromatic nitrogens is 8. The highest BCUT2D eigenvalue weighted by molar-refractivity contribution is 8.07. The molecule has 2 aliphatic rings. The van der Waals surface area contributed by atoms with E-state index < -0.39 is 43.0 Å². The molecule has 0 aliphatic carbocycles. The summed E-state index contributed by atoms with van der Waals surface area (Å²) < 4.78 is 27.7. The molecule has 4 aromatic heterocycles. The lowest BCUT2D eigenvalue weighted by atomic mass is 10.0. The summed E-state index contributed by atoms with van der Waals surface area (Å²) in [6.45, 7) is 4.97. The minimum absolute atomic E-state index is 0.00475. The molecule has 47 heavy (non-hydrogen) atoms. The number of rotatable bonds is 13. The van der Waals surface area contributed by atoms with E-state index in [2.05, 4.69) is 54.5 Å². The Morgan fingerprint density at radius 1 is 1.04 bits per heavy atom. The Morgan fingerprint density at radius 2 is 1.64 bits per heavy atom. The Bertz CT molecular complexity index is 1890. The van der Waals surface area contributed by atoms with E-state index >= 15 is 0 Å². The zero-order valence-electron chi connectivity index (χ0n) is 26.6. The van der Waals surface area contributed by atoms with Gasteiger partial charge in [0.1, 0.15) is 12.5 Å². The molecule has 0 bridgehead atoms. The standard InChI is InChI=1S/C27H39N10O8PS/c1-6-15-16(8-19(43-15)37-12-30-21-23(37)32-27(35-41-5)34-25(21)39)45-46(40,47)42-10-17-14(4)7-18(44-17)36-11-29-20-22(36)31-26(33-24(20)38)28-9-13(2)3/h11-19H,6-10H2,1-5H3,(H,40,47)(H2,28,31,33,38)(H2,32,34,35,39)/t14-,15+,16-,17+,18+,19+,46+/m0/s1. The average Bonchev–Trinajstić information content (AvgIpc) is 3.80. The van der Waals surface area contributed by atoms with E-state index in [4.69, 9.17) is 35.2 Å². The summed E-state index contributed by atoms with van der Waals surface area (Å²) >= 11 is 5.42. The summed E-state index contributed by atoms with van der Waals surface area (Å²) in [5, 5.41) is 3.15. The zero-order valence-corrected chi connectivity index (χ0v) is 28.3. The molecule has 0 aromatic carbocycles. The van der Waals surface area contributed by atoms with Crippen LogP contribution in [0.3, 0.4) is 0 Å². The van der Waals surface area contributed by atoms with Gasteiger partial charge in [0.05, 0.1) is 44.7 Å². The number of hydrogen-bond acceptors (Lipinski definition) is 14. The van der Waals surface area contributed by atoms with Crippen LogP contribution in [0.25, 0.3) is 22.3 Å². The summed E-state index contributed by atoms with van der Waals surface area (Å²) in [4.78, 5) is 63.8. The van der Waals surface area contributed by atoms with Crippen molar-refractivity contribution in [3.63, 3.8) is 0 Å². The molecule has 6 heterocycles. The van der Waals surface area contributed by atoms with Crippen molar-refractivity contribution in [2.24, 2.45) is 11.8 Å². The predicted molar refractivity (Wildman–Crippen MR) is 174 cm³/mol. The van der Waals surface area contributed by atoms with Crippen LogP contribution in [0, 0.1) is 11.8 Å². The monoisotopic (exact) mass is 694 g/mol. The molecule has 2 fully saturated rings. The Labute approximate surface area is 273 Å². The number of H-pyrrole nitrogens is 2. The van der Waals surface area contributed by atoms with Gasteiger partial charge in [0.2, 0.25) is 11.9 Å². The van der Waals surface area contributed by atoms with Crippen molar-refractivity contribution in [2.75, 3.05) is 31.1 Å². The molecule has 6 rings (SSSR count). The topological polar surface area (TPSA) is 218 Å². The van der Waals surface area contributed by atoms with Crippen molar-refractivity contribution >= 4 is 52.7 Å². The normalized spacial score (nSPS) is 26.0. The molecule has 0 radical (unpaired) electrons. The van der Waals surface area contributed by atoms with Crippen LogP contribution in [0.1, 0.15) is 59.4 Å². The van der Waals surface area contributed by atoms with Gasteiger partial charge in [0, 0.05) is 13.0 Å². The lowest BCUT2D eigenvalue weighted by Gasteiger charge is -2.24. The van der Waals surface area contributed by atoms with Crippen LogP contribution >= 0.6 is 6.72 Å². The Balaban J connectivity index is 1.10. The number of nitrogens with zero attached hydrogens (tertiary/aromatic N) is 6. The maximum Gasteiger partial charge on any atom is 0.324 e. The van der Waals surface area contributed by atoms with Crippen molar-refractivity contribution in [3.8, 4) is 0 Å². The van der Waals surface area contributed by atoms with Crippen molar-refractivity contribution in [1.29, 1.82) is 0 Å². The Kier molecular flexibility index (Phi) is 9.78. The Hall–Kier alpha value is -3.29. The second-order valence-electron chi connectivity index (χ2n) is 12.1. The minimum atomic E-state index is -3.73. The van der Waals surface area contributed by atoms with Crippen LogP contribution in [0.4, 0.5) is 11.9 Å². The second kappa shape index (κ2) is 13.7. The SMILES string of the molecule is CC[C@H]1O[C@@H](n2cnc3c(=O)[nH]c(NOC)nc32)C[C@@H]1O[P@](O)(=S)OC[C@H]1O[C@@H](n2cnc3c(=O)[nH]c(NCC(C)C)nc32)C[C@@H]1C. The molecule has 2 saturated heterocycles. The van der Waals surface area contributed by atoms with E-state index in [0.29, 0.717) is 49.0 Å². The van der Waals surface area contributed by atoms with Gasteiger partial charge in [0.25, 0.3) is 11.1 Å². The second-order valence-corrected chi connectivity index (χ2v) is 14.9. The molecule has 20 heteroatoms. The van der Waals surface area contributed by atoms with Gasteiger partial charge in [-0.1, -0.05) is 27.7 Å². The maximum atomic E-state index is 12.6. The predicted octanol–water partition coefficient (Wildman–Crippen LogP) is 2.53. The highest BCUT2D eigenvalue weighted by Crippen LogP contribution is 2.50. The molecule has 0 spiro atoms. The van der Waals surface area contributed by atoms with Crippen LogP contribution in [0.15, 0.2) is 22.2 Å². The van der Waals surface area contributed by atoms with E-state index in [9.17, 15) is 14.5 Å². The van der Waals surface area contributed by atoms with Crippen molar-refractivity contribution in [1.82, 2.24) is 39.0 Å². The van der Waals surface area contributed by atoms with E-state index in [0.717, 1.165) is 0 Å². The molecule has 256 valence electrons. The van der Waals surface area contributed by atoms with E-state index in [1.54, 1.807) is 15.5 Å². The van der Waals surface area contributed by atoms with Crippen LogP contribution in [-0.2, 0) is 35.2 Å². The van der Waals surface area contributed by atoms with Crippen LogP contribution in [0.2, 0.25) is 0 Å². The maximum absolute atomic E-state index is 12.6. The number of nitrogens with one attached hydrogen (secondary N) is 4. The number of imidazole rings is 2. The van der Waals surface area contributed by atoms with Crippen molar-refractivity contribution < 1.29 is 28.3 Å². The molecular formula is C27H39N10O8PS. The molecule has 0 unspecified atom stereocenters. The molecule has 7 atom stereocenters. The molecule has 4 aromatic rings. The van der Waals surface area contributed by atoms with Gasteiger partial charge in [-0.3, -0.25) is 33.5 Å². The molecule has 2 aliphatic heterocycles. The first-order valence-electron chi connectivity index (χ1n) is 15.4. The minimum Gasteiger partial charge on any atom is -0.355 e. The van der Waals surface area contributed by atoms with Gasteiger partial charge >= 0.3 is 6.72 Å². The molecular weight excluding hydrogens is 655 g/mol. The van der Waals surface area contributed by atoms with Gasteiger partial charge in [-0.15, -0.1) is 0 Å². The highest BCUT2D eigenvalue weighted by Gasteiger charge is 2.41. The van der Waals surface area contributed by atoms with Crippen LogP contribution in [0.5, 0.6) is 0 Å². The lowest BCUT2D eigenvalue weighted by Crippen LogP contribution is -2.25. The third kappa shape index (κ3) is 7.12. The van der Waals surface area contributed by atoms with E-state index in [1.807, 2.05) is 13.8 Å². The lowest BCUT2D eigenvalue weighted by molar-refractivity contribution is -0.0324. The average molecular weight is 695 g/mol. The summed E-state index contributed by atoms with van der Waals surface area (Å²) in [5.74, 6) is 0.867. The van der Waals surface area contributed by atoms with Gasteiger partial charge in [-0.2, -0.15) is 9.97 Å². The third-order valence-electron chi connectivity index (χ3n) is 8.16. The third-order valence-corrected chi connectivity index (χ3v) is 9.74. The zero-order chi connectivity index (χ0) is 33.5. The summed E-state index contributed by atoms with van der Waals surface area (Å²) in [7, 11) is 1.40. The van der Waals surface area contributed by atoms with Gasteiger partial charge in [-0.25, -0.2) is 15.4 Å². The first-order chi connectivity index (χ1) is 22.5. The van der Waals surface area contributed by atoms with Crippen LogP contribution in [-0.4, -0.2) is 82.5 Å². The highest BCUT2D eigenvalue weighted by atomic mass is 32.5. The molecule has 5 N–H and O–H groups in total. The molecule has 0 amide bonds. The quantitative estimate of drug-likeness (QED) is 0.100. The van der Waals surface area contributed by atoms with Gasteiger partial charge in [0.15, 0.2) is 22.3 Å². The first-order valence-corrected chi connectivity index (χ1v) is 18.0. The summed E-state index contributed by atoms with van der Waals surface area (Å²) in [6.07, 6.45) is 2.05. The number of hydrogen-bond donors (Lipinski definition) is 5. The summed E-state index contributed by atoms with van der Waals surface area (Å²) in [6, 6.07) is 0. The van der Waals surface area contributed by atoms with E-state index in [-0.39, 0.29) is 35.1 Å². The first kappa shape index (κ1) is 33.6. The van der Waals surface area contributed by atoms with Crippen molar-refractivity contribution in [3.05, 3.63) is 33.4 Å². The number of ether oxygens (including phenoxy) is 2. The van der Waals surface area contributed by atoms with E-state index in [1.165, 1.54) is 13.4 Å². The number of aromatic amines is 2. The smallest absolute Gasteiger partial charge is 0.324 e. The fourth-order valence-corrected chi connectivity index (χ4v) is 7.24. The summed E-state index contributed by atoms with van der Waals surface area (Å²) in [5.41, 5.74) is 2.80. The van der Waals surface area contributed by atoms with Gasteiger partial charge < -0.3 is 28.7 Å². The fraction of sp³-hybridized carbons (Fsp3) is 0.630. The number of fused-ring (bicyclic) bond motifs is 2. The number of anilines is 2. The molecule has 18 nitrogen and oxygen atoms in total. The fourth-order valence-electron chi connectivity index (χ4n) is 5.76. The largest absolute Gasteiger partial charge is 0.355 e. The van der Waals surface area contributed by atoms with Crippen molar-refractivity contribution in [2.45, 2.75) is 77.7 Å². The van der Waals surface area contributed by atoms with Gasteiger partial charge in [-0.05, 0) is 36.5 Å². The Morgan fingerprint density at radius 3 is 2.26 bits per heavy atom. The van der Waals surface area contributed by atoms with Crippen LogP contribution < -0.4 is 21.9 Å².